The van der Waals surface area contributed by atoms with Crippen LogP contribution in [0.1, 0.15) is 42.3 Å². The lowest BCUT2D eigenvalue weighted by Gasteiger charge is -2.35. The lowest BCUT2D eigenvalue weighted by Crippen LogP contribution is -2.50. The van der Waals surface area contributed by atoms with E-state index in [0.717, 1.165) is 56.7 Å². The number of halogens is 1. The first kappa shape index (κ1) is 20.2. The largest absolute Gasteiger partial charge is 0.341 e. The highest BCUT2D eigenvalue weighted by atomic mass is 35.5. The number of rotatable bonds is 5. The van der Waals surface area contributed by atoms with Gasteiger partial charge < -0.3 is 15.1 Å². The first-order valence-corrected chi connectivity index (χ1v) is 9.92. The molecule has 0 aromatic carbocycles. The van der Waals surface area contributed by atoms with Gasteiger partial charge in [-0.2, -0.15) is 0 Å². The van der Waals surface area contributed by atoms with Crippen molar-refractivity contribution in [2.24, 2.45) is 5.92 Å². The Kier molecular flexibility index (Phi) is 7.72. The fourth-order valence-corrected chi connectivity index (χ4v) is 4.40. The van der Waals surface area contributed by atoms with Crippen molar-refractivity contribution in [3.8, 4) is 0 Å². The highest BCUT2D eigenvalue weighted by Gasteiger charge is 2.38. The molecule has 1 atom stereocenters. The molecule has 2 amide bonds. The Morgan fingerprint density at radius 3 is 2.64 bits per heavy atom. The van der Waals surface area contributed by atoms with Gasteiger partial charge in [0, 0.05) is 19.6 Å². The summed E-state index contributed by atoms with van der Waals surface area (Å²) in [7, 11) is 0. The summed E-state index contributed by atoms with van der Waals surface area (Å²) >= 11 is 1.45. The van der Waals surface area contributed by atoms with E-state index in [0.29, 0.717) is 12.5 Å². The van der Waals surface area contributed by atoms with Gasteiger partial charge in [-0.15, -0.1) is 23.7 Å². The van der Waals surface area contributed by atoms with Gasteiger partial charge in [-0.05, 0) is 56.1 Å². The molecule has 2 fully saturated rings. The molecular weight excluding hydrogens is 358 g/mol. The van der Waals surface area contributed by atoms with Gasteiger partial charge in [0.25, 0.3) is 5.91 Å². The third-order valence-corrected chi connectivity index (χ3v) is 6.00. The fourth-order valence-electron chi connectivity index (χ4n) is 3.72. The average Bonchev–Trinajstić information content (AvgIpc) is 3.30. The first-order valence-electron chi connectivity index (χ1n) is 9.04. The quantitative estimate of drug-likeness (QED) is 0.847. The van der Waals surface area contributed by atoms with E-state index < -0.39 is 0 Å². The number of amides is 2. The minimum absolute atomic E-state index is 0. The summed E-state index contributed by atoms with van der Waals surface area (Å²) in [6.45, 7) is 6.52. The number of piperidine rings is 1. The maximum Gasteiger partial charge on any atom is 0.264 e. The maximum atomic E-state index is 12.9. The van der Waals surface area contributed by atoms with Crippen LogP contribution in [0.25, 0.3) is 0 Å². The van der Waals surface area contributed by atoms with E-state index in [-0.39, 0.29) is 30.3 Å². The van der Waals surface area contributed by atoms with Crippen LogP contribution in [0.15, 0.2) is 17.5 Å². The minimum Gasteiger partial charge on any atom is -0.341 e. The van der Waals surface area contributed by atoms with Crippen molar-refractivity contribution in [1.29, 1.82) is 0 Å². The molecule has 1 unspecified atom stereocenters. The highest BCUT2D eigenvalue weighted by molar-refractivity contribution is 7.12. The van der Waals surface area contributed by atoms with E-state index >= 15 is 0 Å². The molecule has 1 N–H and O–H groups in total. The molecule has 2 saturated heterocycles. The van der Waals surface area contributed by atoms with Crippen molar-refractivity contribution in [2.75, 3.05) is 32.7 Å². The lowest BCUT2D eigenvalue weighted by atomic mass is 9.96. The second-order valence-electron chi connectivity index (χ2n) is 6.71. The molecular formula is C18H28ClN3O2S. The van der Waals surface area contributed by atoms with Crippen LogP contribution in [0.5, 0.6) is 0 Å². The van der Waals surface area contributed by atoms with Crippen molar-refractivity contribution in [2.45, 2.75) is 38.6 Å². The minimum atomic E-state index is -0.259. The van der Waals surface area contributed by atoms with Crippen LogP contribution < -0.4 is 5.32 Å². The van der Waals surface area contributed by atoms with Crippen molar-refractivity contribution >= 4 is 35.6 Å². The van der Waals surface area contributed by atoms with Gasteiger partial charge in [0.1, 0.15) is 6.04 Å². The molecule has 2 aliphatic rings. The molecule has 0 bridgehead atoms. The number of nitrogens with one attached hydrogen (secondary N) is 1. The molecule has 140 valence electrons. The predicted octanol–water partition coefficient (Wildman–Crippen LogP) is 2.62. The summed E-state index contributed by atoms with van der Waals surface area (Å²) in [5.74, 6) is 0.837. The third kappa shape index (κ3) is 4.74. The molecule has 1 aromatic heterocycles. The van der Waals surface area contributed by atoms with Crippen molar-refractivity contribution in [3.63, 3.8) is 0 Å². The molecule has 0 saturated carbocycles. The number of carbonyl (C=O) groups excluding carboxylic acids is 2. The Morgan fingerprint density at radius 1 is 1.24 bits per heavy atom. The smallest absolute Gasteiger partial charge is 0.264 e. The number of carbonyl (C=O) groups is 2. The Labute approximate surface area is 160 Å². The normalized spacial score (nSPS) is 21.2. The summed E-state index contributed by atoms with van der Waals surface area (Å²) in [5.41, 5.74) is 0. The molecule has 0 radical (unpaired) electrons. The molecule has 7 heteroatoms. The monoisotopic (exact) mass is 385 g/mol. The molecule has 2 aliphatic heterocycles. The molecule has 3 heterocycles. The second kappa shape index (κ2) is 9.55. The van der Waals surface area contributed by atoms with Gasteiger partial charge in [-0.1, -0.05) is 13.0 Å². The van der Waals surface area contributed by atoms with Crippen LogP contribution in [0.3, 0.4) is 0 Å². The van der Waals surface area contributed by atoms with E-state index in [9.17, 15) is 9.59 Å². The summed E-state index contributed by atoms with van der Waals surface area (Å²) in [4.78, 5) is 30.1. The van der Waals surface area contributed by atoms with E-state index in [4.69, 9.17) is 0 Å². The number of nitrogens with zero attached hydrogens (tertiary/aromatic N) is 2. The topological polar surface area (TPSA) is 52.7 Å². The summed E-state index contributed by atoms with van der Waals surface area (Å²) < 4.78 is 0. The molecule has 25 heavy (non-hydrogen) atoms. The van der Waals surface area contributed by atoms with Crippen LogP contribution >= 0.6 is 23.7 Å². The standard InChI is InChI=1S/C18H27N3O2S.ClH/c1-2-19-13-14-7-10-20(11-8-14)17(22)15-5-3-9-21(15)18(23)16-6-4-12-24-16;/h4,6,12,14-15,19H,2-3,5,7-11,13H2,1H3;1H. The van der Waals surface area contributed by atoms with E-state index in [1.54, 1.807) is 4.90 Å². The number of hydrogen-bond acceptors (Lipinski definition) is 4. The molecule has 1 aromatic rings. The lowest BCUT2D eigenvalue weighted by molar-refractivity contribution is -0.136. The summed E-state index contributed by atoms with van der Waals surface area (Å²) in [6.07, 6.45) is 3.84. The van der Waals surface area contributed by atoms with Crippen LogP contribution in [-0.2, 0) is 4.79 Å². The van der Waals surface area contributed by atoms with Crippen LogP contribution in [0.2, 0.25) is 0 Å². The van der Waals surface area contributed by atoms with Gasteiger partial charge in [0.05, 0.1) is 4.88 Å². The zero-order valence-electron chi connectivity index (χ0n) is 14.8. The van der Waals surface area contributed by atoms with Crippen LogP contribution in [0.4, 0.5) is 0 Å². The van der Waals surface area contributed by atoms with Crippen molar-refractivity contribution in [3.05, 3.63) is 22.4 Å². The van der Waals surface area contributed by atoms with Crippen LogP contribution in [-0.4, -0.2) is 60.4 Å². The van der Waals surface area contributed by atoms with E-state index in [2.05, 4.69) is 12.2 Å². The van der Waals surface area contributed by atoms with Gasteiger partial charge in [0.15, 0.2) is 0 Å². The Balaban J connectivity index is 0.00000225. The predicted molar refractivity (Wildman–Crippen MR) is 103 cm³/mol. The third-order valence-electron chi connectivity index (χ3n) is 5.14. The number of thiophene rings is 1. The molecule has 3 rings (SSSR count). The highest BCUT2D eigenvalue weighted by Crippen LogP contribution is 2.25. The Bertz CT molecular complexity index is 559. The van der Waals surface area contributed by atoms with Gasteiger partial charge in [-0.25, -0.2) is 0 Å². The fraction of sp³-hybridized carbons (Fsp3) is 0.667. The van der Waals surface area contributed by atoms with Crippen molar-refractivity contribution < 1.29 is 9.59 Å². The maximum absolute atomic E-state index is 12.9. The first-order chi connectivity index (χ1) is 11.7. The van der Waals surface area contributed by atoms with Gasteiger partial charge in [0.2, 0.25) is 5.91 Å². The van der Waals surface area contributed by atoms with Gasteiger partial charge in [-0.3, -0.25) is 9.59 Å². The Morgan fingerprint density at radius 2 is 2.00 bits per heavy atom. The second-order valence-corrected chi connectivity index (χ2v) is 7.66. The zero-order valence-corrected chi connectivity index (χ0v) is 16.4. The summed E-state index contributed by atoms with van der Waals surface area (Å²) in [5, 5.41) is 5.31. The number of hydrogen-bond donors (Lipinski definition) is 1. The Hall–Kier alpha value is -1.11. The molecule has 0 spiro atoms. The SMILES string of the molecule is CCNCC1CCN(C(=O)C2CCCN2C(=O)c2cccs2)CC1.Cl. The zero-order chi connectivity index (χ0) is 16.9. The van der Waals surface area contributed by atoms with Gasteiger partial charge >= 0.3 is 0 Å². The molecule has 5 nitrogen and oxygen atoms in total. The van der Waals surface area contributed by atoms with E-state index in [1.807, 2.05) is 22.4 Å². The summed E-state index contributed by atoms with van der Waals surface area (Å²) in [6, 6.07) is 3.48. The molecule has 0 aliphatic carbocycles. The van der Waals surface area contributed by atoms with Crippen LogP contribution in [0, 0.1) is 5.92 Å². The van der Waals surface area contributed by atoms with Crippen molar-refractivity contribution in [1.82, 2.24) is 15.1 Å². The number of likely N-dealkylation sites (tertiary alicyclic amines) is 2. The average molecular weight is 386 g/mol. The van der Waals surface area contributed by atoms with E-state index in [1.165, 1.54) is 11.3 Å².